The summed E-state index contributed by atoms with van der Waals surface area (Å²) in [4.78, 5) is 10.4. The maximum atomic E-state index is 10.4. The Morgan fingerprint density at radius 2 is 2.18 bits per heavy atom. The summed E-state index contributed by atoms with van der Waals surface area (Å²) < 4.78 is 1.66. The number of aldehydes is 1. The Balaban J connectivity index is 2.43. The zero-order valence-corrected chi connectivity index (χ0v) is 10.2. The first-order valence-electron chi connectivity index (χ1n) is 5.81. The summed E-state index contributed by atoms with van der Waals surface area (Å²) in [5, 5.41) is 4.41. The van der Waals surface area contributed by atoms with E-state index in [-0.39, 0.29) is 0 Å². The third-order valence-corrected chi connectivity index (χ3v) is 2.82. The maximum Gasteiger partial charge on any atom is 0.141 e. The molecule has 0 amide bonds. The average Bonchev–Trinajstić information content (AvgIpc) is 2.78. The zero-order valence-electron chi connectivity index (χ0n) is 10.2. The highest BCUT2D eigenvalue weighted by Crippen LogP contribution is 2.23. The van der Waals surface area contributed by atoms with Gasteiger partial charge in [-0.05, 0) is 31.0 Å². The lowest BCUT2D eigenvalue weighted by atomic mass is 10.0. The van der Waals surface area contributed by atoms with Gasteiger partial charge in [0.1, 0.15) is 6.29 Å². The number of carbonyl (C=O) groups excluding carboxylic acids is 1. The molecule has 0 unspecified atom stereocenters. The van der Waals surface area contributed by atoms with E-state index in [9.17, 15) is 4.79 Å². The fourth-order valence-electron chi connectivity index (χ4n) is 1.92. The monoisotopic (exact) mass is 228 g/mol. The van der Waals surface area contributed by atoms with Crippen molar-refractivity contribution >= 4 is 6.29 Å². The molecule has 0 radical (unpaired) electrons. The molecule has 3 nitrogen and oxygen atoms in total. The van der Waals surface area contributed by atoms with Gasteiger partial charge in [-0.2, -0.15) is 5.10 Å². The molecular formula is C14H16N2O. The summed E-state index contributed by atoms with van der Waals surface area (Å²) in [6.45, 7) is 4.52. The van der Waals surface area contributed by atoms with Crippen molar-refractivity contribution in [2.75, 3.05) is 0 Å². The van der Waals surface area contributed by atoms with Gasteiger partial charge in [-0.25, -0.2) is 0 Å². The van der Waals surface area contributed by atoms with Crippen LogP contribution in [0.3, 0.4) is 0 Å². The van der Waals surface area contributed by atoms with Crippen LogP contribution in [0.5, 0.6) is 0 Å². The highest BCUT2D eigenvalue weighted by molar-refractivity contribution is 5.64. The first kappa shape index (κ1) is 11.6. The SMILES string of the molecule is CCc1ccc(C)cc1-c1ccn(CC=O)n1. The predicted molar refractivity (Wildman–Crippen MR) is 67.8 cm³/mol. The number of nitrogens with zero attached hydrogens (tertiary/aromatic N) is 2. The normalized spacial score (nSPS) is 10.5. The van der Waals surface area contributed by atoms with E-state index in [1.54, 1.807) is 4.68 Å². The summed E-state index contributed by atoms with van der Waals surface area (Å²) in [6.07, 6.45) is 3.68. The lowest BCUT2D eigenvalue weighted by Gasteiger charge is -2.06. The third kappa shape index (κ3) is 2.44. The van der Waals surface area contributed by atoms with Crippen molar-refractivity contribution in [1.29, 1.82) is 0 Å². The van der Waals surface area contributed by atoms with Crippen LogP contribution in [0.2, 0.25) is 0 Å². The zero-order chi connectivity index (χ0) is 12.3. The fraction of sp³-hybridized carbons (Fsp3) is 0.286. The highest BCUT2D eigenvalue weighted by Gasteiger charge is 2.07. The van der Waals surface area contributed by atoms with E-state index >= 15 is 0 Å². The molecule has 2 aromatic rings. The molecule has 0 saturated heterocycles. The molecule has 88 valence electrons. The maximum absolute atomic E-state index is 10.4. The molecule has 1 heterocycles. The van der Waals surface area contributed by atoms with E-state index in [2.05, 4.69) is 37.1 Å². The van der Waals surface area contributed by atoms with E-state index in [1.807, 2.05) is 12.3 Å². The lowest BCUT2D eigenvalue weighted by Crippen LogP contribution is -1.99. The minimum absolute atomic E-state index is 0.313. The van der Waals surface area contributed by atoms with Gasteiger partial charge in [0, 0.05) is 11.8 Å². The van der Waals surface area contributed by atoms with Crippen LogP contribution in [-0.2, 0) is 17.8 Å². The van der Waals surface area contributed by atoms with Crippen LogP contribution in [0.15, 0.2) is 30.5 Å². The molecule has 0 aliphatic carbocycles. The largest absolute Gasteiger partial charge is 0.301 e. The number of benzene rings is 1. The number of rotatable bonds is 4. The van der Waals surface area contributed by atoms with Crippen molar-refractivity contribution in [2.24, 2.45) is 0 Å². The molecule has 0 aliphatic heterocycles. The van der Waals surface area contributed by atoms with Gasteiger partial charge in [-0.1, -0.05) is 24.6 Å². The molecule has 2 rings (SSSR count). The average molecular weight is 228 g/mol. The number of hydrogen-bond donors (Lipinski definition) is 0. The second kappa shape index (κ2) is 4.95. The van der Waals surface area contributed by atoms with Crippen molar-refractivity contribution < 1.29 is 4.79 Å². The van der Waals surface area contributed by atoms with Crippen LogP contribution in [0.4, 0.5) is 0 Å². The number of carbonyl (C=O) groups is 1. The van der Waals surface area contributed by atoms with Crippen LogP contribution < -0.4 is 0 Å². The molecule has 0 aliphatic rings. The third-order valence-electron chi connectivity index (χ3n) is 2.82. The molecule has 0 N–H and O–H groups in total. The Morgan fingerprint density at radius 3 is 2.88 bits per heavy atom. The minimum atomic E-state index is 0.313. The summed E-state index contributed by atoms with van der Waals surface area (Å²) in [7, 11) is 0. The first-order chi connectivity index (χ1) is 8.24. The minimum Gasteiger partial charge on any atom is -0.301 e. The topological polar surface area (TPSA) is 34.9 Å². The van der Waals surface area contributed by atoms with Crippen molar-refractivity contribution in [3.63, 3.8) is 0 Å². The Morgan fingerprint density at radius 1 is 1.35 bits per heavy atom. The van der Waals surface area contributed by atoms with Crippen LogP contribution in [-0.4, -0.2) is 16.1 Å². The van der Waals surface area contributed by atoms with Gasteiger partial charge in [0.15, 0.2) is 0 Å². The van der Waals surface area contributed by atoms with E-state index in [4.69, 9.17) is 0 Å². The van der Waals surface area contributed by atoms with Gasteiger partial charge in [0.25, 0.3) is 0 Å². The number of hydrogen-bond acceptors (Lipinski definition) is 2. The van der Waals surface area contributed by atoms with Crippen LogP contribution in [0.1, 0.15) is 18.1 Å². The van der Waals surface area contributed by atoms with Gasteiger partial charge < -0.3 is 4.79 Å². The molecule has 0 saturated carbocycles. The first-order valence-corrected chi connectivity index (χ1v) is 5.81. The van der Waals surface area contributed by atoms with Crippen molar-refractivity contribution in [3.05, 3.63) is 41.6 Å². The smallest absolute Gasteiger partial charge is 0.141 e. The van der Waals surface area contributed by atoms with Crippen LogP contribution >= 0.6 is 0 Å². The number of aromatic nitrogens is 2. The van der Waals surface area contributed by atoms with Gasteiger partial charge >= 0.3 is 0 Å². The Hall–Kier alpha value is -1.90. The van der Waals surface area contributed by atoms with Crippen LogP contribution in [0, 0.1) is 6.92 Å². The van der Waals surface area contributed by atoms with E-state index in [0.29, 0.717) is 6.54 Å². The van der Waals surface area contributed by atoms with Crippen molar-refractivity contribution in [1.82, 2.24) is 9.78 Å². The van der Waals surface area contributed by atoms with Crippen LogP contribution in [0.25, 0.3) is 11.3 Å². The Bertz CT molecular complexity index is 529. The standard InChI is InChI=1S/C14H16N2O/c1-3-12-5-4-11(2)10-13(12)14-6-7-16(15-14)8-9-17/h4-7,9-10H,3,8H2,1-2H3. The lowest BCUT2D eigenvalue weighted by molar-refractivity contribution is -0.108. The molecule has 3 heteroatoms. The Labute approximate surface area is 101 Å². The molecule has 0 fully saturated rings. The van der Waals surface area contributed by atoms with Crippen molar-refractivity contribution in [3.8, 4) is 11.3 Å². The summed E-state index contributed by atoms with van der Waals surface area (Å²) in [6, 6.07) is 8.36. The summed E-state index contributed by atoms with van der Waals surface area (Å²) >= 11 is 0. The molecule has 17 heavy (non-hydrogen) atoms. The second-order valence-corrected chi connectivity index (χ2v) is 4.10. The van der Waals surface area contributed by atoms with E-state index in [0.717, 1.165) is 24.0 Å². The Kier molecular flexibility index (Phi) is 3.38. The molecule has 1 aromatic heterocycles. The van der Waals surface area contributed by atoms with Gasteiger partial charge in [0.05, 0.1) is 12.2 Å². The predicted octanol–water partition coefficient (Wildman–Crippen LogP) is 2.62. The molecular weight excluding hydrogens is 212 g/mol. The number of aryl methyl sites for hydroxylation is 2. The molecule has 1 aromatic carbocycles. The van der Waals surface area contributed by atoms with Gasteiger partial charge in [-0.15, -0.1) is 0 Å². The van der Waals surface area contributed by atoms with E-state index in [1.165, 1.54) is 11.1 Å². The molecule has 0 spiro atoms. The van der Waals surface area contributed by atoms with Gasteiger partial charge in [0.2, 0.25) is 0 Å². The quantitative estimate of drug-likeness (QED) is 0.754. The van der Waals surface area contributed by atoms with E-state index < -0.39 is 0 Å². The molecule has 0 atom stereocenters. The highest BCUT2D eigenvalue weighted by atomic mass is 16.1. The fourth-order valence-corrected chi connectivity index (χ4v) is 1.92. The summed E-state index contributed by atoms with van der Waals surface area (Å²) in [5.41, 5.74) is 4.61. The van der Waals surface area contributed by atoms with Gasteiger partial charge in [-0.3, -0.25) is 4.68 Å². The van der Waals surface area contributed by atoms with Crippen molar-refractivity contribution in [2.45, 2.75) is 26.8 Å². The molecule has 0 bridgehead atoms. The second-order valence-electron chi connectivity index (χ2n) is 4.10. The summed E-state index contributed by atoms with van der Waals surface area (Å²) in [5.74, 6) is 0.